The van der Waals surface area contributed by atoms with Crippen LogP contribution in [0, 0.1) is 5.92 Å². The van der Waals surface area contributed by atoms with E-state index in [0.717, 1.165) is 5.56 Å². The summed E-state index contributed by atoms with van der Waals surface area (Å²) in [5.41, 5.74) is -0.265. The van der Waals surface area contributed by atoms with Crippen LogP contribution in [-0.4, -0.2) is 36.2 Å². The normalized spacial score (nSPS) is 20.6. The Morgan fingerprint density at radius 3 is 2.39 bits per heavy atom. The van der Waals surface area contributed by atoms with Gasteiger partial charge in [0.15, 0.2) is 5.54 Å². The molecule has 8 nitrogen and oxygen atoms in total. The molecule has 0 bridgehead atoms. The predicted molar refractivity (Wildman–Crippen MR) is 114 cm³/mol. The van der Waals surface area contributed by atoms with Crippen LogP contribution >= 0.6 is 0 Å². The molecule has 1 saturated heterocycles. The third kappa shape index (κ3) is 5.97. The molecule has 31 heavy (non-hydrogen) atoms. The minimum absolute atomic E-state index is 0.139. The minimum Gasteiger partial charge on any atom is -0.468 e. The van der Waals surface area contributed by atoms with Gasteiger partial charge in [-0.1, -0.05) is 55.5 Å². The van der Waals surface area contributed by atoms with Gasteiger partial charge in [0, 0.05) is 13.0 Å². The Kier molecular flexibility index (Phi) is 7.12. The Morgan fingerprint density at radius 2 is 1.74 bits per heavy atom. The molecule has 0 aliphatic carbocycles. The summed E-state index contributed by atoms with van der Waals surface area (Å²) in [5.74, 6) is -0.160. The molecule has 3 atom stereocenters. The van der Waals surface area contributed by atoms with Gasteiger partial charge in [-0.25, -0.2) is 4.79 Å². The first-order chi connectivity index (χ1) is 14.9. The highest BCUT2D eigenvalue weighted by molar-refractivity contribution is 5.97. The van der Waals surface area contributed by atoms with Crippen molar-refractivity contribution in [2.24, 2.45) is 5.92 Å². The number of benzene rings is 2. The summed E-state index contributed by atoms with van der Waals surface area (Å²) in [6.07, 6.45) is -1.06. The number of amides is 3. The quantitative estimate of drug-likeness (QED) is 0.535. The van der Waals surface area contributed by atoms with Gasteiger partial charge in [0.2, 0.25) is 12.1 Å². The standard InChI is InChI=1S/C23H27N3O5/c1-16(14-24-22(29)30-15-17-9-5-3-6-10-17)13-19(27)26-23(2)20(28)25-21(23)31-18-11-7-4-8-12-18/h3-12,16,21H,13-15H2,1-2H3,(H,24,29)(H,25,28)(H,26,27)/t16?,21-,23+/m0/s1. The molecule has 2 aromatic carbocycles. The number of nitrogens with one attached hydrogen (secondary N) is 3. The van der Waals surface area contributed by atoms with Crippen molar-refractivity contribution >= 4 is 17.9 Å². The molecule has 0 radical (unpaired) electrons. The first-order valence-electron chi connectivity index (χ1n) is 10.1. The van der Waals surface area contributed by atoms with Crippen molar-refractivity contribution in [3.8, 4) is 5.75 Å². The molecule has 1 aliphatic rings. The van der Waals surface area contributed by atoms with Crippen LogP contribution in [0.4, 0.5) is 4.79 Å². The average Bonchev–Trinajstić information content (AvgIpc) is 2.77. The number of carbonyl (C=O) groups is 3. The fourth-order valence-corrected chi connectivity index (χ4v) is 3.12. The monoisotopic (exact) mass is 425 g/mol. The zero-order chi connectivity index (χ0) is 22.3. The predicted octanol–water partition coefficient (Wildman–Crippen LogP) is 2.35. The first kappa shape index (κ1) is 22.1. The van der Waals surface area contributed by atoms with Gasteiger partial charge in [0.05, 0.1) is 0 Å². The van der Waals surface area contributed by atoms with E-state index in [2.05, 4.69) is 16.0 Å². The van der Waals surface area contributed by atoms with Crippen molar-refractivity contribution in [1.82, 2.24) is 16.0 Å². The second kappa shape index (κ2) is 9.97. The van der Waals surface area contributed by atoms with Crippen LogP contribution in [0.25, 0.3) is 0 Å². The number of carbonyl (C=O) groups excluding carboxylic acids is 3. The number of ether oxygens (including phenoxy) is 2. The lowest BCUT2D eigenvalue weighted by atomic mass is 9.90. The molecule has 1 fully saturated rings. The summed E-state index contributed by atoms with van der Waals surface area (Å²) >= 11 is 0. The van der Waals surface area contributed by atoms with Gasteiger partial charge in [-0.3, -0.25) is 9.59 Å². The number of para-hydroxylation sites is 1. The van der Waals surface area contributed by atoms with Crippen LogP contribution in [0.3, 0.4) is 0 Å². The summed E-state index contributed by atoms with van der Waals surface area (Å²) in [6.45, 7) is 3.91. The van der Waals surface area contributed by atoms with Crippen LogP contribution in [0.15, 0.2) is 60.7 Å². The maximum atomic E-state index is 12.5. The van der Waals surface area contributed by atoms with Gasteiger partial charge in [-0.2, -0.15) is 0 Å². The highest BCUT2D eigenvalue weighted by Gasteiger charge is 2.54. The summed E-state index contributed by atoms with van der Waals surface area (Å²) in [5, 5.41) is 8.07. The van der Waals surface area contributed by atoms with Gasteiger partial charge in [0.25, 0.3) is 5.91 Å². The van der Waals surface area contributed by atoms with E-state index in [1.165, 1.54) is 0 Å². The van der Waals surface area contributed by atoms with E-state index < -0.39 is 17.9 Å². The Labute approximate surface area is 181 Å². The van der Waals surface area contributed by atoms with E-state index in [9.17, 15) is 14.4 Å². The van der Waals surface area contributed by atoms with E-state index in [-0.39, 0.29) is 37.3 Å². The van der Waals surface area contributed by atoms with E-state index >= 15 is 0 Å². The van der Waals surface area contributed by atoms with Crippen molar-refractivity contribution in [2.75, 3.05) is 6.54 Å². The third-order valence-corrected chi connectivity index (χ3v) is 5.00. The average molecular weight is 425 g/mol. The molecule has 8 heteroatoms. The lowest BCUT2D eigenvalue weighted by Gasteiger charge is -2.45. The zero-order valence-electron chi connectivity index (χ0n) is 17.6. The largest absolute Gasteiger partial charge is 0.468 e. The second-order valence-corrected chi connectivity index (χ2v) is 7.79. The second-order valence-electron chi connectivity index (χ2n) is 7.79. The lowest BCUT2D eigenvalue weighted by molar-refractivity contribution is -0.153. The van der Waals surface area contributed by atoms with Crippen molar-refractivity contribution in [1.29, 1.82) is 0 Å². The third-order valence-electron chi connectivity index (χ3n) is 5.00. The molecule has 3 rings (SSSR count). The Hall–Kier alpha value is -3.55. The number of hydrogen-bond acceptors (Lipinski definition) is 5. The summed E-state index contributed by atoms with van der Waals surface area (Å²) in [4.78, 5) is 36.4. The van der Waals surface area contributed by atoms with Crippen LogP contribution in [-0.2, 0) is 20.9 Å². The molecule has 0 spiro atoms. The van der Waals surface area contributed by atoms with Gasteiger partial charge in [-0.15, -0.1) is 0 Å². The lowest BCUT2D eigenvalue weighted by Crippen LogP contribution is -2.79. The summed E-state index contributed by atoms with van der Waals surface area (Å²) in [7, 11) is 0. The number of β-lactam (4-membered cyclic amide) rings is 1. The maximum absolute atomic E-state index is 12.5. The van der Waals surface area contributed by atoms with E-state index in [1.54, 1.807) is 19.1 Å². The fraction of sp³-hybridized carbons (Fsp3) is 0.348. The van der Waals surface area contributed by atoms with Crippen LogP contribution < -0.4 is 20.7 Å². The topological polar surface area (TPSA) is 106 Å². The van der Waals surface area contributed by atoms with Crippen molar-refractivity contribution in [3.05, 3.63) is 66.2 Å². The smallest absolute Gasteiger partial charge is 0.407 e. The van der Waals surface area contributed by atoms with Crippen molar-refractivity contribution < 1.29 is 23.9 Å². The summed E-state index contributed by atoms with van der Waals surface area (Å²) < 4.78 is 10.9. The molecule has 1 aliphatic heterocycles. The van der Waals surface area contributed by atoms with Crippen LogP contribution in [0.5, 0.6) is 5.75 Å². The molecule has 0 saturated carbocycles. The van der Waals surface area contributed by atoms with E-state index in [1.807, 2.05) is 55.5 Å². The molecule has 3 N–H and O–H groups in total. The van der Waals surface area contributed by atoms with Gasteiger partial charge >= 0.3 is 6.09 Å². The molecular weight excluding hydrogens is 398 g/mol. The molecular formula is C23H27N3O5. The van der Waals surface area contributed by atoms with E-state index in [0.29, 0.717) is 5.75 Å². The Balaban J connectivity index is 1.40. The number of rotatable bonds is 9. The SMILES string of the molecule is CC(CNC(=O)OCc1ccccc1)CC(=O)N[C@]1(C)C(=O)N[C@H]1Oc1ccccc1. The van der Waals surface area contributed by atoms with Crippen molar-refractivity contribution in [2.45, 2.75) is 38.6 Å². The molecule has 1 heterocycles. The van der Waals surface area contributed by atoms with Crippen LogP contribution in [0.2, 0.25) is 0 Å². The number of hydrogen-bond donors (Lipinski definition) is 3. The fourth-order valence-electron chi connectivity index (χ4n) is 3.12. The van der Waals surface area contributed by atoms with E-state index in [4.69, 9.17) is 9.47 Å². The molecule has 1 unspecified atom stereocenters. The maximum Gasteiger partial charge on any atom is 0.407 e. The molecule has 2 aromatic rings. The number of alkyl carbamates (subject to hydrolysis) is 1. The highest BCUT2D eigenvalue weighted by atomic mass is 16.5. The first-order valence-corrected chi connectivity index (χ1v) is 10.1. The minimum atomic E-state index is -1.16. The van der Waals surface area contributed by atoms with Gasteiger partial charge < -0.3 is 25.4 Å². The molecule has 0 aromatic heterocycles. The zero-order valence-corrected chi connectivity index (χ0v) is 17.6. The van der Waals surface area contributed by atoms with Crippen molar-refractivity contribution in [3.63, 3.8) is 0 Å². The summed E-state index contributed by atoms with van der Waals surface area (Å²) in [6, 6.07) is 18.4. The molecule has 164 valence electrons. The van der Waals surface area contributed by atoms with Crippen LogP contribution in [0.1, 0.15) is 25.8 Å². The Bertz CT molecular complexity index is 906. The highest BCUT2D eigenvalue weighted by Crippen LogP contribution is 2.24. The molecule has 3 amide bonds. The Morgan fingerprint density at radius 1 is 1.10 bits per heavy atom. The van der Waals surface area contributed by atoms with Gasteiger partial charge in [-0.05, 0) is 30.5 Å². The van der Waals surface area contributed by atoms with Gasteiger partial charge in [0.1, 0.15) is 12.4 Å².